The normalized spacial score (nSPS) is 20.7. The Bertz CT molecular complexity index is 2980. The van der Waals surface area contributed by atoms with Crippen molar-refractivity contribution in [1.82, 2.24) is 0 Å². The van der Waals surface area contributed by atoms with Crippen molar-refractivity contribution in [3.63, 3.8) is 0 Å². The molecule has 1 aromatic heterocycles. The lowest BCUT2D eigenvalue weighted by molar-refractivity contribution is 0.557. The number of fused-ring (bicyclic) bond motifs is 9. The molecule has 0 N–H and O–H groups in total. The zero-order chi connectivity index (χ0) is 39.7. The SMILES string of the molecule is C/C=C\C=C(/C)N1c2ccc(N(c3ccc4c(c3)C(c3ccccc3)(c3ccccc3)c3ccccc3-4)C3C=c4oc5ccccc5c4=CC3C)cc2C2C=CC=CC21. The molecule has 4 unspecified atom stereocenters. The third kappa shape index (κ3) is 5.34. The van der Waals surface area contributed by atoms with E-state index in [0.29, 0.717) is 0 Å². The highest BCUT2D eigenvalue weighted by molar-refractivity contribution is 5.89. The van der Waals surface area contributed by atoms with Gasteiger partial charge in [0.15, 0.2) is 0 Å². The summed E-state index contributed by atoms with van der Waals surface area (Å²) in [5.41, 5.74) is 15.2. The summed E-state index contributed by atoms with van der Waals surface area (Å²) in [6, 6.07) is 54.3. The summed E-state index contributed by atoms with van der Waals surface area (Å²) in [5.74, 6) is 0.424. The second kappa shape index (κ2) is 13.9. The maximum absolute atomic E-state index is 6.62. The number of hydrogen-bond donors (Lipinski definition) is 0. The van der Waals surface area contributed by atoms with Crippen molar-refractivity contribution in [3.8, 4) is 11.1 Å². The summed E-state index contributed by atoms with van der Waals surface area (Å²) in [7, 11) is 0. The van der Waals surface area contributed by atoms with E-state index < -0.39 is 5.41 Å². The first-order valence-corrected chi connectivity index (χ1v) is 21.0. The number of hydrogen-bond acceptors (Lipinski definition) is 3. The Morgan fingerprint density at radius 1 is 0.695 bits per heavy atom. The summed E-state index contributed by atoms with van der Waals surface area (Å²) in [4.78, 5) is 5.10. The van der Waals surface area contributed by atoms with Crippen LogP contribution in [0.2, 0.25) is 0 Å². The maximum Gasteiger partial charge on any atom is 0.135 e. The van der Waals surface area contributed by atoms with E-state index in [4.69, 9.17) is 4.42 Å². The van der Waals surface area contributed by atoms with Gasteiger partial charge in [-0.25, -0.2) is 0 Å². The van der Waals surface area contributed by atoms with Crippen LogP contribution in [-0.2, 0) is 5.41 Å². The standard InChI is InChI=1S/C56H46N2O/c1-4-5-18-38(3)57-51-27-16-13-24-45(51)47-34-41(30-32-52(47)57)58(53-36-55-48(33-37(53)2)46-25-14-17-28-54(46)59-55)42-29-31-44-43-23-12-15-26-49(43)56(50(44)35-42,39-19-8-6-9-20-39)40-21-10-7-11-22-40/h4-37,45,51,53H,1-3H3/b5-4-,38-18+. The Hall–Kier alpha value is -6.84. The van der Waals surface area contributed by atoms with Crippen molar-refractivity contribution in [2.24, 2.45) is 5.92 Å². The molecule has 0 saturated heterocycles. The smallest absolute Gasteiger partial charge is 0.135 e. The molecule has 4 aliphatic rings. The molecule has 286 valence electrons. The first kappa shape index (κ1) is 35.3. The molecule has 4 atom stereocenters. The van der Waals surface area contributed by atoms with E-state index >= 15 is 0 Å². The fourth-order valence-electron chi connectivity index (χ4n) is 10.6. The van der Waals surface area contributed by atoms with E-state index in [1.54, 1.807) is 0 Å². The minimum absolute atomic E-state index is 0.0165. The quantitative estimate of drug-likeness (QED) is 0.151. The Morgan fingerprint density at radius 3 is 2.17 bits per heavy atom. The van der Waals surface area contributed by atoms with E-state index in [-0.39, 0.29) is 23.9 Å². The number of rotatable bonds is 7. The Labute approximate surface area is 346 Å². The molecule has 0 amide bonds. The van der Waals surface area contributed by atoms with Gasteiger partial charge in [0.1, 0.15) is 11.0 Å². The van der Waals surface area contributed by atoms with Gasteiger partial charge in [-0.05, 0) is 107 Å². The molecule has 3 heteroatoms. The lowest BCUT2D eigenvalue weighted by atomic mass is 9.67. The molecule has 6 aromatic carbocycles. The van der Waals surface area contributed by atoms with E-state index in [1.807, 2.05) is 0 Å². The van der Waals surface area contributed by atoms with E-state index in [9.17, 15) is 0 Å². The van der Waals surface area contributed by atoms with Crippen LogP contribution in [0.3, 0.4) is 0 Å². The molecule has 0 saturated carbocycles. The van der Waals surface area contributed by atoms with Gasteiger partial charge in [-0.3, -0.25) is 0 Å². The number of allylic oxidation sites excluding steroid dienone is 6. The molecule has 0 radical (unpaired) electrons. The van der Waals surface area contributed by atoms with Gasteiger partial charge in [0, 0.05) is 39.3 Å². The average molecular weight is 763 g/mol. The van der Waals surface area contributed by atoms with Crippen molar-refractivity contribution in [3.05, 3.63) is 232 Å². The Kier molecular flexibility index (Phi) is 8.34. The van der Waals surface area contributed by atoms with Crippen LogP contribution in [0.5, 0.6) is 0 Å². The largest absolute Gasteiger partial charge is 0.456 e. The summed E-state index contributed by atoms with van der Waals surface area (Å²) in [6.07, 6.45) is 20.4. The second-order valence-corrected chi connectivity index (χ2v) is 16.4. The van der Waals surface area contributed by atoms with Gasteiger partial charge in [-0.1, -0.05) is 159 Å². The third-order valence-corrected chi connectivity index (χ3v) is 13.2. The zero-order valence-corrected chi connectivity index (χ0v) is 33.7. The second-order valence-electron chi connectivity index (χ2n) is 16.4. The van der Waals surface area contributed by atoms with Crippen LogP contribution in [0.4, 0.5) is 17.1 Å². The van der Waals surface area contributed by atoms with Gasteiger partial charge < -0.3 is 14.2 Å². The van der Waals surface area contributed by atoms with Crippen molar-refractivity contribution < 1.29 is 4.42 Å². The van der Waals surface area contributed by atoms with Gasteiger partial charge in [0.05, 0.1) is 17.5 Å². The van der Waals surface area contributed by atoms with Crippen LogP contribution < -0.4 is 20.4 Å². The van der Waals surface area contributed by atoms with Crippen LogP contribution in [0.25, 0.3) is 34.2 Å². The molecule has 0 bridgehead atoms. The fraction of sp³-hybridized carbons (Fsp3) is 0.143. The first-order chi connectivity index (χ1) is 29.1. The van der Waals surface area contributed by atoms with Crippen LogP contribution in [0.1, 0.15) is 54.5 Å². The number of anilines is 3. The minimum atomic E-state index is -0.502. The van der Waals surface area contributed by atoms with Crippen molar-refractivity contribution in [1.29, 1.82) is 0 Å². The molecular weight excluding hydrogens is 717 g/mol. The fourth-order valence-corrected chi connectivity index (χ4v) is 10.6. The van der Waals surface area contributed by atoms with Crippen LogP contribution in [0, 0.1) is 5.92 Å². The maximum atomic E-state index is 6.62. The zero-order valence-electron chi connectivity index (χ0n) is 33.7. The van der Waals surface area contributed by atoms with Crippen LogP contribution >= 0.6 is 0 Å². The van der Waals surface area contributed by atoms with Crippen molar-refractivity contribution in [2.75, 3.05) is 9.80 Å². The number of nitrogens with zero attached hydrogens (tertiary/aromatic N) is 2. The van der Waals surface area contributed by atoms with E-state index in [0.717, 1.165) is 16.7 Å². The average Bonchev–Trinajstić information content (AvgIpc) is 3.92. The van der Waals surface area contributed by atoms with Gasteiger partial charge in [-0.2, -0.15) is 0 Å². The van der Waals surface area contributed by atoms with Gasteiger partial charge >= 0.3 is 0 Å². The Balaban J connectivity index is 1.16. The topological polar surface area (TPSA) is 19.6 Å². The Morgan fingerprint density at radius 2 is 1.37 bits per heavy atom. The minimum Gasteiger partial charge on any atom is -0.456 e. The molecule has 0 spiro atoms. The number of para-hydroxylation sites is 1. The third-order valence-electron chi connectivity index (χ3n) is 13.2. The molecule has 11 rings (SSSR count). The lowest BCUT2D eigenvalue weighted by Gasteiger charge is -2.38. The molecule has 2 heterocycles. The summed E-state index contributed by atoms with van der Waals surface area (Å²) in [5, 5.41) is 2.36. The highest BCUT2D eigenvalue weighted by Crippen LogP contribution is 2.57. The molecule has 59 heavy (non-hydrogen) atoms. The summed E-state index contributed by atoms with van der Waals surface area (Å²) >= 11 is 0. The molecule has 3 aliphatic carbocycles. The molecular formula is C56H46N2O. The van der Waals surface area contributed by atoms with Crippen LogP contribution in [-0.4, -0.2) is 12.1 Å². The molecule has 7 aromatic rings. The summed E-state index contributed by atoms with van der Waals surface area (Å²) < 4.78 is 6.62. The van der Waals surface area contributed by atoms with Gasteiger partial charge in [0.25, 0.3) is 0 Å². The van der Waals surface area contributed by atoms with E-state index in [2.05, 4.69) is 231 Å². The molecule has 3 nitrogen and oxygen atoms in total. The predicted octanol–water partition coefficient (Wildman–Crippen LogP) is 12.1. The number of benzene rings is 6. The monoisotopic (exact) mass is 762 g/mol. The molecule has 0 fully saturated rings. The molecule has 1 aliphatic heterocycles. The predicted molar refractivity (Wildman–Crippen MR) is 246 cm³/mol. The van der Waals surface area contributed by atoms with Gasteiger partial charge in [-0.15, -0.1) is 0 Å². The highest BCUT2D eigenvalue weighted by atomic mass is 16.3. The highest BCUT2D eigenvalue weighted by Gasteiger charge is 2.46. The summed E-state index contributed by atoms with van der Waals surface area (Å²) in [6.45, 7) is 6.66. The van der Waals surface area contributed by atoms with Crippen molar-refractivity contribution in [2.45, 2.75) is 44.2 Å². The lowest BCUT2D eigenvalue weighted by Crippen LogP contribution is -2.41. The van der Waals surface area contributed by atoms with Crippen LogP contribution in [0.15, 0.2) is 198 Å². The van der Waals surface area contributed by atoms with E-state index in [1.165, 1.54) is 66.6 Å². The number of furan rings is 1. The van der Waals surface area contributed by atoms with Gasteiger partial charge in [0.2, 0.25) is 0 Å². The first-order valence-electron chi connectivity index (χ1n) is 21.0. The van der Waals surface area contributed by atoms with Crippen molar-refractivity contribution >= 4 is 40.2 Å².